The highest BCUT2D eigenvalue weighted by Gasteiger charge is 2.27. The van der Waals surface area contributed by atoms with Crippen LogP contribution in [0.3, 0.4) is 0 Å². The topological polar surface area (TPSA) is 32.5 Å². The van der Waals surface area contributed by atoms with Crippen LogP contribution in [0.1, 0.15) is 30.4 Å². The van der Waals surface area contributed by atoms with E-state index in [-0.39, 0.29) is 0 Å². The van der Waals surface area contributed by atoms with Crippen LogP contribution in [0.15, 0.2) is 18.2 Å². The lowest BCUT2D eigenvalue weighted by atomic mass is 10.0. The normalized spacial score (nSPS) is 27.3. The van der Waals surface area contributed by atoms with Crippen LogP contribution in [0.5, 0.6) is 0 Å². The molecule has 2 unspecified atom stereocenters. The fourth-order valence-corrected chi connectivity index (χ4v) is 3.87. The Kier molecular flexibility index (Phi) is 4.51. The molecule has 3 heteroatoms. The van der Waals surface area contributed by atoms with E-state index in [9.17, 15) is 0 Å². The molecule has 1 aromatic carbocycles. The quantitative estimate of drug-likeness (QED) is 0.927. The second-order valence-corrected chi connectivity index (χ2v) is 6.86. The van der Waals surface area contributed by atoms with E-state index >= 15 is 0 Å². The summed E-state index contributed by atoms with van der Waals surface area (Å²) < 4.78 is 0. The van der Waals surface area contributed by atoms with E-state index in [0.717, 1.165) is 19.0 Å². The average Bonchev–Trinajstić information content (AvgIpc) is 2.88. The standard InChI is InChI=1S/C18H29N3/c1-14-5-3-8-18(15(14)2)21-11-9-20(10-12-21)13-16-6-4-7-17(16)19/h3,5,8,16-17H,4,6-7,9-13,19H2,1-2H3. The first-order chi connectivity index (χ1) is 10.1. The Hall–Kier alpha value is -1.06. The van der Waals surface area contributed by atoms with Crippen LogP contribution in [0.4, 0.5) is 5.69 Å². The van der Waals surface area contributed by atoms with Gasteiger partial charge in [-0.25, -0.2) is 0 Å². The summed E-state index contributed by atoms with van der Waals surface area (Å²) >= 11 is 0. The molecule has 21 heavy (non-hydrogen) atoms. The van der Waals surface area contributed by atoms with E-state index in [4.69, 9.17) is 5.73 Å². The van der Waals surface area contributed by atoms with Gasteiger partial charge in [-0.15, -0.1) is 0 Å². The maximum Gasteiger partial charge on any atom is 0.0399 e. The van der Waals surface area contributed by atoms with E-state index in [1.54, 1.807) is 0 Å². The maximum atomic E-state index is 6.21. The molecule has 0 radical (unpaired) electrons. The number of nitrogens with zero attached hydrogens (tertiary/aromatic N) is 2. The summed E-state index contributed by atoms with van der Waals surface area (Å²) in [6.45, 7) is 10.3. The van der Waals surface area contributed by atoms with Gasteiger partial charge in [0.1, 0.15) is 0 Å². The molecule has 116 valence electrons. The number of benzene rings is 1. The van der Waals surface area contributed by atoms with Crippen LogP contribution in [0.25, 0.3) is 0 Å². The molecule has 1 aliphatic carbocycles. The Balaban J connectivity index is 1.56. The number of rotatable bonds is 3. The molecule has 2 aliphatic rings. The minimum absolute atomic E-state index is 0.446. The summed E-state index contributed by atoms with van der Waals surface area (Å²) in [5.74, 6) is 0.734. The number of hydrogen-bond donors (Lipinski definition) is 1. The molecule has 1 heterocycles. The third-order valence-corrected chi connectivity index (χ3v) is 5.50. The number of aryl methyl sites for hydroxylation is 1. The van der Waals surface area contributed by atoms with Crippen LogP contribution in [-0.2, 0) is 0 Å². The van der Waals surface area contributed by atoms with Gasteiger partial charge >= 0.3 is 0 Å². The van der Waals surface area contributed by atoms with Crippen LogP contribution in [-0.4, -0.2) is 43.7 Å². The molecule has 2 N–H and O–H groups in total. The third kappa shape index (κ3) is 3.24. The van der Waals surface area contributed by atoms with Crippen molar-refractivity contribution in [2.45, 2.75) is 39.2 Å². The largest absolute Gasteiger partial charge is 0.369 e. The summed E-state index contributed by atoms with van der Waals surface area (Å²) in [6.07, 6.45) is 3.89. The van der Waals surface area contributed by atoms with Crippen molar-refractivity contribution in [3.63, 3.8) is 0 Å². The Bertz CT molecular complexity index is 477. The molecule has 0 bridgehead atoms. The minimum atomic E-state index is 0.446. The van der Waals surface area contributed by atoms with Gasteiger partial charge in [-0.05, 0) is 49.8 Å². The minimum Gasteiger partial charge on any atom is -0.369 e. The monoisotopic (exact) mass is 287 g/mol. The van der Waals surface area contributed by atoms with Crippen molar-refractivity contribution in [1.82, 2.24) is 4.90 Å². The van der Waals surface area contributed by atoms with Gasteiger partial charge in [-0.1, -0.05) is 18.6 Å². The fraction of sp³-hybridized carbons (Fsp3) is 0.667. The summed E-state index contributed by atoms with van der Waals surface area (Å²) in [5.41, 5.74) is 10.5. The summed E-state index contributed by atoms with van der Waals surface area (Å²) in [6, 6.07) is 7.10. The molecule has 2 fully saturated rings. The molecule has 1 saturated carbocycles. The molecule has 3 nitrogen and oxygen atoms in total. The van der Waals surface area contributed by atoms with E-state index in [1.165, 1.54) is 55.7 Å². The van der Waals surface area contributed by atoms with Gasteiger partial charge < -0.3 is 10.6 Å². The second kappa shape index (κ2) is 6.37. The molecular weight excluding hydrogens is 258 g/mol. The van der Waals surface area contributed by atoms with E-state index in [1.807, 2.05) is 0 Å². The van der Waals surface area contributed by atoms with Crippen molar-refractivity contribution >= 4 is 5.69 Å². The Morgan fingerprint density at radius 3 is 2.52 bits per heavy atom. The van der Waals surface area contributed by atoms with Gasteiger partial charge in [0.2, 0.25) is 0 Å². The molecule has 0 spiro atoms. The van der Waals surface area contributed by atoms with Crippen LogP contribution in [0.2, 0.25) is 0 Å². The number of anilines is 1. The van der Waals surface area contributed by atoms with Crippen molar-refractivity contribution in [2.24, 2.45) is 11.7 Å². The Morgan fingerprint density at radius 2 is 1.86 bits per heavy atom. The third-order valence-electron chi connectivity index (χ3n) is 5.50. The molecular formula is C18H29N3. The highest BCUT2D eigenvalue weighted by atomic mass is 15.3. The number of hydrogen-bond acceptors (Lipinski definition) is 3. The Morgan fingerprint density at radius 1 is 1.10 bits per heavy atom. The molecule has 0 amide bonds. The van der Waals surface area contributed by atoms with Crippen LogP contribution >= 0.6 is 0 Å². The zero-order chi connectivity index (χ0) is 14.8. The van der Waals surface area contributed by atoms with E-state index in [0.29, 0.717) is 6.04 Å². The van der Waals surface area contributed by atoms with Crippen molar-refractivity contribution in [3.05, 3.63) is 29.3 Å². The molecule has 3 rings (SSSR count). The fourth-order valence-electron chi connectivity index (χ4n) is 3.87. The first-order valence-corrected chi connectivity index (χ1v) is 8.44. The average molecular weight is 287 g/mol. The first-order valence-electron chi connectivity index (χ1n) is 8.44. The molecule has 1 aliphatic heterocycles. The highest BCUT2D eigenvalue weighted by Crippen LogP contribution is 2.27. The maximum absolute atomic E-state index is 6.21. The van der Waals surface area contributed by atoms with Gasteiger partial charge in [0, 0.05) is 44.5 Å². The summed E-state index contributed by atoms with van der Waals surface area (Å²) in [5, 5.41) is 0. The highest BCUT2D eigenvalue weighted by molar-refractivity contribution is 5.56. The Labute approximate surface area is 129 Å². The lowest BCUT2D eigenvalue weighted by Gasteiger charge is -2.38. The molecule has 0 aromatic heterocycles. The van der Waals surface area contributed by atoms with Crippen LogP contribution in [0, 0.1) is 19.8 Å². The van der Waals surface area contributed by atoms with Crippen molar-refractivity contribution in [3.8, 4) is 0 Å². The number of nitrogens with two attached hydrogens (primary N) is 1. The predicted molar refractivity (Wildman–Crippen MR) is 89.9 cm³/mol. The van der Waals surface area contributed by atoms with Crippen LogP contribution < -0.4 is 10.6 Å². The SMILES string of the molecule is Cc1cccc(N2CCN(CC3CCCC3N)CC2)c1C. The van der Waals surface area contributed by atoms with Gasteiger partial charge in [0.25, 0.3) is 0 Å². The van der Waals surface area contributed by atoms with Crippen molar-refractivity contribution < 1.29 is 0 Å². The van der Waals surface area contributed by atoms with Gasteiger partial charge in [-0.3, -0.25) is 4.90 Å². The first kappa shape index (κ1) is 14.9. The van der Waals surface area contributed by atoms with E-state index in [2.05, 4.69) is 41.8 Å². The summed E-state index contributed by atoms with van der Waals surface area (Å²) in [4.78, 5) is 5.17. The molecule has 2 atom stereocenters. The van der Waals surface area contributed by atoms with Crippen molar-refractivity contribution in [2.75, 3.05) is 37.6 Å². The lowest BCUT2D eigenvalue weighted by Crippen LogP contribution is -2.49. The molecule has 1 aromatic rings. The van der Waals surface area contributed by atoms with Gasteiger partial charge in [0.05, 0.1) is 0 Å². The summed E-state index contributed by atoms with van der Waals surface area (Å²) in [7, 11) is 0. The van der Waals surface area contributed by atoms with Gasteiger partial charge in [-0.2, -0.15) is 0 Å². The molecule has 1 saturated heterocycles. The zero-order valence-corrected chi connectivity index (χ0v) is 13.5. The van der Waals surface area contributed by atoms with Gasteiger partial charge in [0.15, 0.2) is 0 Å². The lowest BCUT2D eigenvalue weighted by molar-refractivity contribution is 0.212. The smallest absolute Gasteiger partial charge is 0.0399 e. The number of piperazine rings is 1. The zero-order valence-electron chi connectivity index (χ0n) is 13.5. The predicted octanol–water partition coefficient (Wildman–Crippen LogP) is 2.55. The van der Waals surface area contributed by atoms with E-state index < -0.39 is 0 Å². The van der Waals surface area contributed by atoms with Crippen molar-refractivity contribution in [1.29, 1.82) is 0 Å². The second-order valence-electron chi connectivity index (χ2n) is 6.86.